The van der Waals surface area contributed by atoms with Crippen LogP contribution in [0.1, 0.15) is 44.9 Å². The number of alkyl halides is 3. The second-order valence-corrected chi connectivity index (χ2v) is 6.37. The molecule has 1 fully saturated rings. The largest absolute Gasteiger partial charge is 0.449 e. The Morgan fingerprint density at radius 2 is 2.04 bits per heavy atom. The minimum Gasteiger partial charge on any atom is -0.449 e. The van der Waals surface area contributed by atoms with Gasteiger partial charge in [0.25, 0.3) is 0 Å². The zero-order valence-electron chi connectivity index (χ0n) is 15.3. The first kappa shape index (κ1) is 22.1. The number of unbranched alkanes of at least 4 members (excludes halogenated alkanes) is 2. The highest BCUT2D eigenvalue weighted by Crippen LogP contribution is 2.35. The predicted molar refractivity (Wildman–Crippen MR) is 89.6 cm³/mol. The second kappa shape index (κ2) is 8.88. The summed E-state index contributed by atoms with van der Waals surface area (Å²) in [6.45, 7) is 3.33. The Hall–Kier alpha value is -2.18. The Balaban J connectivity index is 2.29. The summed E-state index contributed by atoms with van der Waals surface area (Å²) in [7, 11) is 0. The number of carbonyl (C=O) groups is 1. The van der Waals surface area contributed by atoms with Gasteiger partial charge in [-0.05, 0) is 13.3 Å². The number of amides is 1. The van der Waals surface area contributed by atoms with Gasteiger partial charge < -0.3 is 19.7 Å². The summed E-state index contributed by atoms with van der Waals surface area (Å²) in [4.78, 5) is 27.1. The number of hydrogen-bond acceptors (Lipinski definition) is 7. The number of carbonyl (C=O) groups excluding carboxylic acids is 1. The number of anilines is 1. The van der Waals surface area contributed by atoms with Gasteiger partial charge in [-0.1, -0.05) is 19.8 Å². The van der Waals surface area contributed by atoms with Crippen molar-refractivity contribution in [1.82, 2.24) is 9.55 Å². The Labute approximate surface area is 158 Å². The standard InChI is InChI=1S/C16H22F3N3O6/c1-3-4-5-6-27-15(26)21-12-9(16(17,18)19)7-22(14(25)20-12)13-11(24)10(23)8(2)28-13/h7-8,10-11,13,23-24H,3-6H2,1-2H3,(H,20,21,25,26)/t8-,10-,11-,13-/m1/s1. The van der Waals surface area contributed by atoms with Gasteiger partial charge in [0.2, 0.25) is 0 Å². The normalized spacial score (nSPS) is 25.0. The summed E-state index contributed by atoms with van der Waals surface area (Å²) in [5.74, 6) is -1.02. The van der Waals surface area contributed by atoms with Crippen molar-refractivity contribution >= 4 is 11.9 Å². The average Bonchev–Trinajstić information content (AvgIpc) is 2.85. The fourth-order valence-corrected chi connectivity index (χ4v) is 2.66. The van der Waals surface area contributed by atoms with Gasteiger partial charge in [-0.15, -0.1) is 0 Å². The molecular weight excluding hydrogens is 387 g/mol. The lowest BCUT2D eigenvalue weighted by atomic mass is 10.1. The Morgan fingerprint density at radius 3 is 2.57 bits per heavy atom. The summed E-state index contributed by atoms with van der Waals surface area (Å²) in [5, 5.41) is 21.5. The number of nitrogens with one attached hydrogen (secondary N) is 1. The molecule has 1 saturated heterocycles. The molecule has 0 bridgehead atoms. The van der Waals surface area contributed by atoms with E-state index in [1.165, 1.54) is 6.92 Å². The molecule has 1 aliphatic rings. The van der Waals surface area contributed by atoms with Gasteiger partial charge in [0.05, 0.1) is 12.7 Å². The summed E-state index contributed by atoms with van der Waals surface area (Å²) in [6.07, 6.45) is -9.05. The van der Waals surface area contributed by atoms with E-state index in [-0.39, 0.29) is 6.61 Å². The van der Waals surface area contributed by atoms with Crippen LogP contribution in [0.15, 0.2) is 11.0 Å². The molecule has 1 aromatic heterocycles. The molecule has 0 aromatic carbocycles. The predicted octanol–water partition coefficient (Wildman–Crippen LogP) is 1.64. The summed E-state index contributed by atoms with van der Waals surface area (Å²) >= 11 is 0. The third-order valence-corrected chi connectivity index (χ3v) is 4.21. The van der Waals surface area contributed by atoms with E-state index in [1.54, 1.807) is 0 Å². The lowest BCUT2D eigenvalue weighted by Crippen LogP contribution is -2.37. The number of nitrogens with zero attached hydrogens (tertiary/aromatic N) is 2. The van der Waals surface area contributed by atoms with Crippen molar-refractivity contribution in [2.75, 3.05) is 11.9 Å². The summed E-state index contributed by atoms with van der Waals surface area (Å²) < 4.78 is 50.6. The van der Waals surface area contributed by atoms with E-state index in [0.717, 1.165) is 12.8 Å². The lowest BCUT2D eigenvalue weighted by Gasteiger charge is -2.20. The number of aliphatic hydroxyl groups is 2. The molecule has 9 nitrogen and oxygen atoms in total. The van der Waals surface area contributed by atoms with Crippen LogP contribution >= 0.6 is 0 Å². The van der Waals surface area contributed by atoms with E-state index in [0.29, 0.717) is 17.2 Å². The molecule has 158 valence electrons. The maximum Gasteiger partial charge on any atom is 0.421 e. The van der Waals surface area contributed by atoms with Crippen molar-refractivity contribution in [2.45, 2.75) is 63.8 Å². The van der Waals surface area contributed by atoms with E-state index in [1.807, 2.05) is 12.2 Å². The average molecular weight is 409 g/mol. The molecule has 28 heavy (non-hydrogen) atoms. The van der Waals surface area contributed by atoms with E-state index < -0.39 is 53.9 Å². The number of aliphatic hydroxyl groups excluding tert-OH is 2. The molecule has 2 heterocycles. The molecule has 0 radical (unpaired) electrons. The third kappa shape index (κ3) is 5.00. The van der Waals surface area contributed by atoms with Gasteiger partial charge in [0.15, 0.2) is 12.0 Å². The fraction of sp³-hybridized carbons (Fsp3) is 0.688. The summed E-state index contributed by atoms with van der Waals surface area (Å²) in [5.41, 5.74) is -2.64. The molecule has 1 amide bonds. The minimum absolute atomic E-state index is 0.00989. The number of ether oxygens (including phenoxy) is 2. The molecule has 2 rings (SSSR count). The quantitative estimate of drug-likeness (QED) is 0.611. The van der Waals surface area contributed by atoms with Crippen LogP contribution in [0, 0.1) is 0 Å². The molecule has 4 atom stereocenters. The zero-order valence-corrected chi connectivity index (χ0v) is 15.3. The highest BCUT2D eigenvalue weighted by atomic mass is 19.4. The monoisotopic (exact) mass is 409 g/mol. The van der Waals surface area contributed by atoms with Gasteiger partial charge in [-0.25, -0.2) is 9.59 Å². The van der Waals surface area contributed by atoms with Crippen molar-refractivity contribution < 1.29 is 37.7 Å². The molecule has 0 spiro atoms. The second-order valence-electron chi connectivity index (χ2n) is 6.37. The first-order chi connectivity index (χ1) is 13.1. The van der Waals surface area contributed by atoms with Gasteiger partial charge in [0, 0.05) is 6.20 Å². The van der Waals surface area contributed by atoms with Crippen molar-refractivity contribution in [1.29, 1.82) is 0 Å². The number of rotatable bonds is 6. The molecule has 0 unspecified atom stereocenters. The molecule has 1 aliphatic heterocycles. The van der Waals surface area contributed by atoms with Crippen LogP contribution in [0.2, 0.25) is 0 Å². The van der Waals surface area contributed by atoms with Crippen LogP contribution in [0.5, 0.6) is 0 Å². The van der Waals surface area contributed by atoms with E-state index >= 15 is 0 Å². The van der Waals surface area contributed by atoms with Gasteiger partial charge in [-0.2, -0.15) is 18.2 Å². The van der Waals surface area contributed by atoms with Crippen LogP contribution in [-0.2, 0) is 15.7 Å². The smallest absolute Gasteiger partial charge is 0.421 e. The first-order valence-electron chi connectivity index (χ1n) is 8.72. The first-order valence-corrected chi connectivity index (χ1v) is 8.72. The topological polar surface area (TPSA) is 123 Å². The Kier molecular flexibility index (Phi) is 7.01. The molecule has 1 aromatic rings. The summed E-state index contributed by atoms with van der Waals surface area (Å²) in [6, 6.07) is 0. The molecule has 3 N–H and O–H groups in total. The highest BCUT2D eigenvalue weighted by molar-refractivity contribution is 5.84. The molecular formula is C16H22F3N3O6. The van der Waals surface area contributed by atoms with Crippen LogP contribution in [0.3, 0.4) is 0 Å². The van der Waals surface area contributed by atoms with Crippen LogP contribution in [0.4, 0.5) is 23.8 Å². The highest BCUT2D eigenvalue weighted by Gasteiger charge is 2.43. The number of aromatic nitrogens is 2. The number of hydrogen-bond donors (Lipinski definition) is 3. The maximum absolute atomic E-state index is 13.4. The van der Waals surface area contributed by atoms with Crippen molar-refractivity contribution in [3.8, 4) is 0 Å². The molecule has 0 saturated carbocycles. The van der Waals surface area contributed by atoms with Crippen LogP contribution in [0.25, 0.3) is 0 Å². The minimum atomic E-state index is -4.97. The van der Waals surface area contributed by atoms with Gasteiger partial charge in [-0.3, -0.25) is 9.88 Å². The van der Waals surface area contributed by atoms with E-state index in [9.17, 15) is 33.0 Å². The van der Waals surface area contributed by atoms with Crippen molar-refractivity contribution in [2.24, 2.45) is 0 Å². The molecule has 0 aliphatic carbocycles. The number of halogens is 3. The Bertz CT molecular complexity index is 754. The van der Waals surface area contributed by atoms with Crippen LogP contribution < -0.4 is 11.0 Å². The lowest BCUT2D eigenvalue weighted by molar-refractivity contribution is -0.138. The van der Waals surface area contributed by atoms with Crippen molar-refractivity contribution in [3.63, 3.8) is 0 Å². The SMILES string of the molecule is CCCCCOC(=O)Nc1nc(=O)n([C@@H]2O[C@H](C)[C@@H](O)[C@H]2O)cc1C(F)(F)F. The van der Waals surface area contributed by atoms with E-state index in [4.69, 9.17) is 9.47 Å². The molecule has 12 heteroatoms. The maximum atomic E-state index is 13.4. The van der Waals surface area contributed by atoms with Crippen molar-refractivity contribution in [3.05, 3.63) is 22.2 Å². The zero-order chi connectivity index (χ0) is 21.1. The fourth-order valence-electron chi connectivity index (χ4n) is 2.66. The van der Waals surface area contributed by atoms with Crippen LogP contribution in [-0.4, -0.2) is 50.8 Å². The Morgan fingerprint density at radius 1 is 1.36 bits per heavy atom. The van der Waals surface area contributed by atoms with Gasteiger partial charge >= 0.3 is 18.0 Å². The van der Waals surface area contributed by atoms with E-state index in [2.05, 4.69) is 4.98 Å². The van der Waals surface area contributed by atoms with Gasteiger partial charge in [0.1, 0.15) is 17.8 Å². The third-order valence-electron chi connectivity index (χ3n) is 4.21.